The predicted molar refractivity (Wildman–Crippen MR) is 88.1 cm³/mol. The quantitative estimate of drug-likeness (QED) is 0.890. The van der Waals surface area contributed by atoms with Gasteiger partial charge in [-0.25, -0.2) is 9.50 Å². The number of nitrogens with one attached hydrogen (secondary N) is 1. The van der Waals surface area contributed by atoms with Crippen LogP contribution in [-0.2, 0) is 0 Å². The maximum atomic E-state index is 12.4. The Kier molecular flexibility index (Phi) is 5.16. The Bertz CT molecular complexity index is 660. The topological polar surface area (TPSA) is 59.3 Å². The normalized spacial score (nSPS) is 12.8. The summed E-state index contributed by atoms with van der Waals surface area (Å²) in [5.41, 5.74) is 3.04. The number of carbonyl (C=O) groups is 1. The Hall–Kier alpha value is -1.91. The summed E-state index contributed by atoms with van der Waals surface area (Å²) in [5.74, 6) is 0.613. The Morgan fingerprint density at radius 2 is 2.00 bits per heavy atom. The highest BCUT2D eigenvalue weighted by molar-refractivity contribution is 5.99. The van der Waals surface area contributed by atoms with Crippen LogP contribution in [0.1, 0.15) is 61.8 Å². The molecular weight excluding hydrogens is 276 g/mol. The van der Waals surface area contributed by atoms with Gasteiger partial charge in [0, 0.05) is 17.4 Å². The first-order valence-electron chi connectivity index (χ1n) is 8.01. The molecule has 1 amide bonds. The Labute approximate surface area is 132 Å². The molecule has 1 atom stereocenters. The molecule has 0 aliphatic heterocycles. The lowest BCUT2D eigenvalue weighted by atomic mass is 10.0. The highest BCUT2D eigenvalue weighted by atomic mass is 16.1. The first-order valence-corrected chi connectivity index (χ1v) is 8.01. The molecule has 22 heavy (non-hydrogen) atoms. The third-order valence-electron chi connectivity index (χ3n) is 3.82. The van der Waals surface area contributed by atoms with Gasteiger partial charge in [0.1, 0.15) is 5.56 Å². The molecule has 0 saturated heterocycles. The van der Waals surface area contributed by atoms with Crippen molar-refractivity contribution in [2.24, 2.45) is 5.92 Å². The number of hydrogen-bond donors (Lipinski definition) is 1. The molecule has 2 aromatic rings. The van der Waals surface area contributed by atoms with Crippen molar-refractivity contribution in [2.45, 2.75) is 59.9 Å². The van der Waals surface area contributed by atoms with Crippen molar-refractivity contribution in [3.63, 3.8) is 0 Å². The van der Waals surface area contributed by atoms with Crippen LogP contribution >= 0.6 is 0 Å². The van der Waals surface area contributed by atoms with Crippen molar-refractivity contribution in [1.29, 1.82) is 0 Å². The zero-order valence-electron chi connectivity index (χ0n) is 14.2. The second-order valence-electron chi connectivity index (χ2n) is 6.53. The standard InChI is InChI=1S/C17H26N4O/c1-11(2)7-6-8-12(3)20-17(22)15-10-18-21-14(5)9-13(4)19-16(15)21/h9-12H,6-8H2,1-5H3,(H,20,22). The molecule has 2 heterocycles. The van der Waals surface area contributed by atoms with Crippen molar-refractivity contribution >= 4 is 11.6 Å². The van der Waals surface area contributed by atoms with Crippen molar-refractivity contribution in [3.8, 4) is 0 Å². The van der Waals surface area contributed by atoms with Crippen LogP contribution in [0.3, 0.4) is 0 Å². The maximum Gasteiger partial charge on any atom is 0.256 e. The van der Waals surface area contributed by atoms with Crippen molar-refractivity contribution < 1.29 is 4.79 Å². The average Bonchev–Trinajstić information content (AvgIpc) is 2.82. The zero-order chi connectivity index (χ0) is 16.3. The number of aromatic nitrogens is 3. The molecule has 0 aliphatic rings. The monoisotopic (exact) mass is 302 g/mol. The molecule has 2 aromatic heterocycles. The molecular formula is C17H26N4O. The van der Waals surface area contributed by atoms with E-state index in [0.29, 0.717) is 17.1 Å². The molecule has 0 spiro atoms. The molecule has 5 nitrogen and oxygen atoms in total. The Morgan fingerprint density at radius 3 is 2.68 bits per heavy atom. The molecule has 0 saturated carbocycles. The van der Waals surface area contributed by atoms with Crippen molar-refractivity contribution in [2.75, 3.05) is 0 Å². The molecule has 0 aromatic carbocycles. The van der Waals surface area contributed by atoms with E-state index < -0.39 is 0 Å². The Morgan fingerprint density at radius 1 is 1.27 bits per heavy atom. The molecule has 0 bridgehead atoms. The van der Waals surface area contributed by atoms with Gasteiger partial charge in [0.15, 0.2) is 5.65 Å². The smallest absolute Gasteiger partial charge is 0.256 e. The van der Waals surface area contributed by atoms with E-state index in [1.54, 1.807) is 10.7 Å². The van der Waals surface area contributed by atoms with Crippen molar-refractivity contribution in [1.82, 2.24) is 19.9 Å². The van der Waals surface area contributed by atoms with E-state index in [2.05, 4.69) is 29.2 Å². The van der Waals surface area contributed by atoms with Gasteiger partial charge < -0.3 is 5.32 Å². The summed E-state index contributed by atoms with van der Waals surface area (Å²) in [4.78, 5) is 16.9. The van der Waals surface area contributed by atoms with E-state index in [0.717, 1.165) is 24.2 Å². The summed E-state index contributed by atoms with van der Waals surface area (Å²) in [5, 5.41) is 7.32. The molecule has 5 heteroatoms. The summed E-state index contributed by atoms with van der Waals surface area (Å²) in [7, 11) is 0. The minimum atomic E-state index is -0.0930. The van der Waals surface area contributed by atoms with E-state index in [4.69, 9.17) is 0 Å². The number of fused-ring (bicyclic) bond motifs is 1. The van der Waals surface area contributed by atoms with Crippen LogP contribution < -0.4 is 5.32 Å². The van der Waals surface area contributed by atoms with Gasteiger partial charge in [-0.2, -0.15) is 5.10 Å². The highest BCUT2D eigenvalue weighted by Gasteiger charge is 2.17. The van der Waals surface area contributed by atoms with Crippen LogP contribution in [0.2, 0.25) is 0 Å². The SMILES string of the molecule is Cc1cc(C)n2ncc(C(=O)NC(C)CCCC(C)C)c2n1. The molecule has 1 N–H and O–H groups in total. The third kappa shape index (κ3) is 3.84. The van der Waals surface area contributed by atoms with Crippen LogP contribution in [0.15, 0.2) is 12.3 Å². The first kappa shape index (κ1) is 16.5. The number of amides is 1. The van der Waals surface area contributed by atoms with Crippen LogP contribution in [0.5, 0.6) is 0 Å². The second-order valence-corrected chi connectivity index (χ2v) is 6.53. The van der Waals surface area contributed by atoms with Gasteiger partial charge in [-0.05, 0) is 39.2 Å². The lowest BCUT2D eigenvalue weighted by Crippen LogP contribution is -2.32. The molecule has 0 fully saturated rings. The van der Waals surface area contributed by atoms with E-state index in [1.807, 2.05) is 26.8 Å². The third-order valence-corrected chi connectivity index (χ3v) is 3.82. The van der Waals surface area contributed by atoms with E-state index in [9.17, 15) is 4.79 Å². The first-order chi connectivity index (χ1) is 10.4. The van der Waals surface area contributed by atoms with E-state index >= 15 is 0 Å². The van der Waals surface area contributed by atoms with Crippen molar-refractivity contribution in [3.05, 3.63) is 29.2 Å². The van der Waals surface area contributed by atoms with Gasteiger partial charge in [-0.3, -0.25) is 4.79 Å². The van der Waals surface area contributed by atoms with Gasteiger partial charge in [0.25, 0.3) is 5.91 Å². The van der Waals surface area contributed by atoms with Crippen LogP contribution in [0.25, 0.3) is 5.65 Å². The molecule has 2 rings (SSSR count). The lowest BCUT2D eigenvalue weighted by molar-refractivity contribution is 0.0939. The number of hydrogen-bond acceptors (Lipinski definition) is 3. The molecule has 0 radical (unpaired) electrons. The second kappa shape index (κ2) is 6.90. The summed E-state index contributed by atoms with van der Waals surface area (Å²) < 4.78 is 1.71. The number of carbonyl (C=O) groups excluding carboxylic acids is 1. The van der Waals surface area contributed by atoms with Gasteiger partial charge >= 0.3 is 0 Å². The van der Waals surface area contributed by atoms with E-state index in [-0.39, 0.29) is 11.9 Å². The van der Waals surface area contributed by atoms with E-state index in [1.165, 1.54) is 6.42 Å². The summed E-state index contributed by atoms with van der Waals surface area (Å²) in [6, 6.07) is 2.11. The van der Waals surface area contributed by atoms with Gasteiger partial charge in [-0.15, -0.1) is 0 Å². The fourth-order valence-corrected chi connectivity index (χ4v) is 2.64. The van der Waals surface area contributed by atoms with Crippen LogP contribution in [0.4, 0.5) is 0 Å². The zero-order valence-corrected chi connectivity index (χ0v) is 14.2. The summed E-state index contributed by atoms with van der Waals surface area (Å²) in [6.45, 7) is 10.4. The maximum absolute atomic E-state index is 12.4. The van der Waals surface area contributed by atoms with Crippen LogP contribution in [0, 0.1) is 19.8 Å². The van der Waals surface area contributed by atoms with Gasteiger partial charge in [0.05, 0.1) is 6.20 Å². The van der Waals surface area contributed by atoms with Gasteiger partial charge in [-0.1, -0.05) is 26.7 Å². The average molecular weight is 302 g/mol. The molecule has 1 unspecified atom stereocenters. The number of aryl methyl sites for hydroxylation is 2. The molecule has 120 valence electrons. The van der Waals surface area contributed by atoms with Gasteiger partial charge in [0.2, 0.25) is 0 Å². The minimum Gasteiger partial charge on any atom is -0.349 e. The summed E-state index contributed by atoms with van der Waals surface area (Å²) >= 11 is 0. The lowest BCUT2D eigenvalue weighted by Gasteiger charge is -2.14. The minimum absolute atomic E-state index is 0.0930. The fraction of sp³-hybridized carbons (Fsp3) is 0.588. The Balaban J connectivity index is 2.07. The molecule has 0 aliphatic carbocycles. The predicted octanol–water partition coefficient (Wildman–Crippen LogP) is 3.29. The highest BCUT2D eigenvalue weighted by Crippen LogP contribution is 2.13. The largest absolute Gasteiger partial charge is 0.349 e. The summed E-state index contributed by atoms with van der Waals surface area (Å²) in [6.07, 6.45) is 4.92. The fourth-order valence-electron chi connectivity index (χ4n) is 2.64. The van der Waals surface area contributed by atoms with Crippen LogP contribution in [-0.4, -0.2) is 26.5 Å². The number of rotatable bonds is 6. The number of nitrogens with zero attached hydrogens (tertiary/aromatic N) is 3.